The fraction of sp³-hybridized carbons (Fsp3) is 0.619. The molecule has 0 saturated carbocycles. The second kappa shape index (κ2) is 28.5. The number of hydrogen-bond acceptors (Lipinski definition) is 18. The van der Waals surface area contributed by atoms with E-state index in [1.54, 1.807) is 11.5 Å². The van der Waals surface area contributed by atoms with E-state index >= 15 is 0 Å². The molecule has 2 aromatic rings. The molecule has 6 aliphatic rings. The summed E-state index contributed by atoms with van der Waals surface area (Å²) in [5.74, 6) is -7.34. The van der Waals surface area contributed by atoms with Crippen molar-refractivity contribution in [1.29, 1.82) is 5.26 Å². The van der Waals surface area contributed by atoms with Gasteiger partial charge in [0, 0.05) is 108 Å². The number of aliphatic imine (C=N–C) groups is 3. The molecule has 0 radical (unpaired) electrons. The predicted molar refractivity (Wildman–Crippen MR) is 339 cm³/mol. The fourth-order valence-electron chi connectivity index (χ4n) is 15.3. The van der Waals surface area contributed by atoms with Gasteiger partial charge in [-0.3, -0.25) is 57.6 Å². The maximum atomic E-state index is 14.4. The van der Waals surface area contributed by atoms with Gasteiger partial charge in [-0.2, -0.15) is 5.70 Å². The molecule has 5 unspecified atom stereocenters. The molecule has 93 heavy (non-hydrogen) atoms. The number of imidazole rings is 1. The minimum Gasteiger partial charge on any atom is -0.682 e. The normalized spacial score (nSPS) is 33.1. The van der Waals surface area contributed by atoms with Crippen LogP contribution in [0.2, 0.25) is 0 Å². The number of benzene rings is 1. The van der Waals surface area contributed by atoms with E-state index in [1.165, 1.54) is 13.3 Å². The van der Waals surface area contributed by atoms with Crippen LogP contribution in [0.5, 0.6) is 0 Å². The van der Waals surface area contributed by atoms with Crippen molar-refractivity contribution in [2.75, 3.05) is 13.2 Å². The number of carbonyl (C=O) groups is 7. The van der Waals surface area contributed by atoms with Crippen LogP contribution < -0.4 is 39.7 Å². The van der Waals surface area contributed by atoms with Crippen molar-refractivity contribution in [1.82, 2.24) is 14.9 Å². The van der Waals surface area contributed by atoms with Crippen LogP contribution in [0.25, 0.3) is 16.4 Å². The van der Waals surface area contributed by atoms with Crippen molar-refractivity contribution in [3.8, 4) is 0 Å². The first-order valence-corrected chi connectivity index (χ1v) is 32.2. The number of aliphatic hydroxyl groups excluding tert-OH is 2. The van der Waals surface area contributed by atoms with E-state index in [4.69, 9.17) is 80.3 Å². The molecule has 30 heteroatoms. The van der Waals surface area contributed by atoms with Gasteiger partial charge in [-0.25, -0.2) is 9.55 Å². The van der Waals surface area contributed by atoms with Crippen molar-refractivity contribution in [2.45, 2.75) is 189 Å². The molecule has 508 valence electrons. The summed E-state index contributed by atoms with van der Waals surface area (Å²) >= 11 is 0. The summed E-state index contributed by atoms with van der Waals surface area (Å²) in [7, 11) is -5.07. The number of carbonyl (C=O) groups excluding carboxylic acids is 7. The van der Waals surface area contributed by atoms with E-state index in [9.17, 15) is 53.2 Å². The van der Waals surface area contributed by atoms with Crippen LogP contribution in [-0.4, -0.2) is 132 Å². The van der Waals surface area contributed by atoms with E-state index in [0.717, 1.165) is 11.1 Å². The number of primary amides is 6. The maximum Gasteiger partial charge on any atom is 3.00 e. The summed E-state index contributed by atoms with van der Waals surface area (Å²) in [6.07, 6.45) is -4.47. The molecule has 1 aromatic heterocycles. The molecular formula is C63H89CoN14O14P+. The monoisotopic (exact) mass is 1360 g/mol. The van der Waals surface area contributed by atoms with Crippen molar-refractivity contribution in [3.05, 3.63) is 75.8 Å². The second-order valence-corrected chi connectivity index (χ2v) is 28.4. The first-order chi connectivity index (χ1) is 42.8. The summed E-state index contributed by atoms with van der Waals surface area (Å²) < 4.78 is 32.3. The number of phosphoric acid groups is 1. The summed E-state index contributed by atoms with van der Waals surface area (Å²) in [5, 5.41) is 36.5. The van der Waals surface area contributed by atoms with E-state index in [-0.39, 0.29) is 94.0 Å². The molecule has 0 spiro atoms. The van der Waals surface area contributed by atoms with Crippen molar-refractivity contribution >= 4 is 77.3 Å². The Bertz CT molecular complexity index is 3600. The Morgan fingerprint density at radius 3 is 1.95 bits per heavy atom. The number of nitrogens with one attached hydrogen (secondary N) is 1. The smallest absolute Gasteiger partial charge is 0.682 e. The molecule has 1 aromatic carbocycles. The van der Waals surface area contributed by atoms with E-state index in [0.29, 0.717) is 56.4 Å². The van der Waals surface area contributed by atoms with Crippen LogP contribution in [0.4, 0.5) is 0 Å². The number of amides is 7. The van der Waals surface area contributed by atoms with Crippen LogP contribution in [-0.2, 0) is 68.7 Å². The van der Waals surface area contributed by atoms with Crippen molar-refractivity contribution < 1.29 is 83.8 Å². The Morgan fingerprint density at radius 2 is 1.38 bits per heavy atom. The summed E-state index contributed by atoms with van der Waals surface area (Å²) in [5.41, 5.74) is 36.8. The number of aliphatic hydroxyl groups is 2. The van der Waals surface area contributed by atoms with Crippen LogP contribution in [0, 0.1) is 71.0 Å². The Balaban J connectivity index is 0.00000453. The van der Waals surface area contributed by atoms with Crippen LogP contribution in [0.1, 0.15) is 150 Å². The van der Waals surface area contributed by atoms with Crippen molar-refractivity contribution in [2.24, 2.45) is 94.7 Å². The molecule has 2 fully saturated rings. The molecule has 7 amide bonds. The first-order valence-electron chi connectivity index (χ1n) is 30.7. The Kier molecular flexibility index (Phi) is 23.0. The molecule has 2 saturated heterocycles. The van der Waals surface area contributed by atoms with Gasteiger partial charge in [0.15, 0.2) is 6.23 Å². The predicted octanol–water partition coefficient (Wildman–Crippen LogP) is 4.04. The number of aryl methyl sites for hydroxylation is 2. The van der Waals surface area contributed by atoms with Gasteiger partial charge in [-0.1, -0.05) is 40.7 Å². The summed E-state index contributed by atoms with van der Waals surface area (Å²) in [4.78, 5) is 125. The minimum atomic E-state index is -5.07. The van der Waals surface area contributed by atoms with Crippen LogP contribution in [0.3, 0.4) is 0 Å². The molecule has 6 aliphatic heterocycles. The Hall–Kier alpha value is -7.00. The van der Waals surface area contributed by atoms with Crippen molar-refractivity contribution in [3.63, 3.8) is 0 Å². The minimum absolute atomic E-state index is 0. The number of nitrogens with zero attached hydrogens (tertiary/aromatic N) is 7. The first kappa shape index (κ1) is 75.0. The number of allylic oxidation sites excluding steroid dienone is 6. The van der Waals surface area contributed by atoms with Gasteiger partial charge in [0.1, 0.15) is 18.3 Å². The number of fused-ring (bicyclic) bond motifs is 7. The van der Waals surface area contributed by atoms with Gasteiger partial charge in [-0.05, 0) is 119 Å². The van der Waals surface area contributed by atoms with Gasteiger partial charge in [0.25, 0.3) is 0 Å². The molecule has 15 atom stereocenters. The van der Waals surface area contributed by atoms with Gasteiger partial charge in [-0.15, -0.1) is 0 Å². The number of phosphoric ester groups is 1. The number of hydrogen-bond donors (Lipinski definition) is 10. The third kappa shape index (κ3) is 14.6. The van der Waals surface area contributed by atoms with Gasteiger partial charge >= 0.3 is 24.6 Å². The molecule has 8 rings (SSSR count). The van der Waals surface area contributed by atoms with Gasteiger partial charge in [0.05, 0.1) is 41.3 Å². The van der Waals surface area contributed by atoms with Gasteiger partial charge < -0.3 is 81.3 Å². The SMILES string of the molecule is C/C1=C2/[N-]C([C@H](CC(N)=O)[C@@]2(C)CCC(=O)NCC(C)OP(=O)(O)OC2C(O)[C@@H](n3cnc4cc(C)c(C)cc43)O[C@H]2CO)[C@]2(C)N=C(/C(C)=C3N=C(/C=C4N=C1[C@@H](CCC(N)=O)C\4(C)C)[C@@H](CCC(N)=O)[C@]\3(C)CC(N)=O)[C@@H](CCC(N)=O)[C@]2(C)CC(N)=O.[C-]#N.[Co+3]. The molecule has 16 N–H and O–H groups in total. The Morgan fingerprint density at radius 1 is 0.796 bits per heavy atom. The van der Waals surface area contributed by atoms with E-state index < -0.39 is 143 Å². The second-order valence-electron chi connectivity index (χ2n) is 27.0. The fourth-order valence-corrected chi connectivity index (χ4v) is 16.5. The quantitative estimate of drug-likeness (QED) is 0.0469. The number of aromatic nitrogens is 2. The zero-order chi connectivity index (χ0) is 68.7. The topological polar surface area (TPSA) is 486 Å². The molecular weight excluding hydrogens is 1270 g/mol. The van der Waals surface area contributed by atoms with E-state index in [1.807, 2.05) is 80.5 Å². The molecule has 7 heterocycles. The largest absolute Gasteiger partial charge is 3.00 e. The summed E-state index contributed by atoms with van der Waals surface area (Å²) in [6.45, 7) is 23.9. The zero-order valence-electron chi connectivity index (χ0n) is 54.5. The molecule has 28 nitrogen and oxygen atoms in total. The number of nitrogens with two attached hydrogens (primary N) is 6. The number of ether oxygens (including phenoxy) is 1. The van der Waals surface area contributed by atoms with Gasteiger partial charge in [0.2, 0.25) is 41.4 Å². The Labute approximate surface area is 551 Å². The zero-order valence-corrected chi connectivity index (χ0v) is 56.4. The van der Waals surface area contributed by atoms with Crippen LogP contribution >= 0.6 is 7.82 Å². The van der Waals surface area contributed by atoms with E-state index in [2.05, 4.69) is 10.3 Å². The third-order valence-corrected chi connectivity index (χ3v) is 21.6. The van der Waals surface area contributed by atoms with Crippen LogP contribution in [0.15, 0.2) is 67.8 Å². The maximum absolute atomic E-state index is 14.4. The molecule has 0 aliphatic carbocycles. The molecule has 8 bridgehead atoms. The summed E-state index contributed by atoms with van der Waals surface area (Å²) in [6, 6.07) is 2.68. The standard InChI is InChI=1S/C62H90N13O14P.CN.Co/c1-29-20-39-40(21-30(29)2)75(28-70-39)57-52(84)53(41(27-76)87-57)89-90(85,86)88-31(3)26-69-49(83)18-19-59(8)37(22-46(66)80)56-62(11)61(10,25-48(68)82)36(14-17-45(65)79)51(74-62)33(5)55-60(9,24-47(67)81)34(12-15-43(63)77)38(71-55)23-42-58(6,7)35(13-16-44(64)78)50(72-42)32(4)54(59)73-56;1-2;/h20-21,23,28,31,34-37,41,52-53,56-57,76,84H,12-19,22,24-27H2,1-11H3,(H15,63,64,65,66,67,68,69,71,72,73,74,77,78,79,80,81,82,83,85,86);;/q;-1;+3/p-1/t31?,34-,35-,36-,37+,41+,52?,53?,56?,57+,59-,60+,61+,62+;;/m1../s1. The average molecular weight is 1360 g/mol. The third-order valence-electron chi connectivity index (χ3n) is 20.5. The average Bonchev–Trinajstić information content (AvgIpc) is 1.53. The number of rotatable bonds is 26.